The highest BCUT2D eigenvalue weighted by Crippen LogP contribution is 2.30. The molecule has 0 heterocycles. The summed E-state index contributed by atoms with van der Waals surface area (Å²) in [5, 5.41) is 0. The lowest BCUT2D eigenvalue weighted by Gasteiger charge is -2.18. The molecule has 1 unspecified atom stereocenters. The predicted octanol–water partition coefficient (Wildman–Crippen LogP) is 7.23. The lowest BCUT2D eigenvalue weighted by Crippen LogP contribution is -2.08. The van der Waals surface area contributed by atoms with Crippen LogP contribution in [0.4, 0.5) is 0 Å². The number of carbonyl (C=O) groups is 1. The monoisotopic (exact) mass is 376 g/mol. The first-order chi connectivity index (χ1) is 13.7. The fourth-order valence-electron chi connectivity index (χ4n) is 3.69. The zero-order chi connectivity index (χ0) is 19.8. The summed E-state index contributed by atoms with van der Waals surface area (Å²) in [4.78, 5) is 12.4. The minimum Gasteiger partial charge on any atom is -0.423 e. The van der Waals surface area contributed by atoms with Crippen molar-refractivity contribution in [2.75, 3.05) is 0 Å². The summed E-state index contributed by atoms with van der Waals surface area (Å²) in [7, 11) is 0. The van der Waals surface area contributed by atoms with Gasteiger partial charge in [-0.1, -0.05) is 63.5 Å². The van der Waals surface area contributed by atoms with Crippen LogP contribution in [0.3, 0.4) is 0 Å². The number of aryl methyl sites for hydroxylation is 1. The second-order valence-electron chi connectivity index (χ2n) is 8.03. The van der Waals surface area contributed by atoms with E-state index in [1.807, 2.05) is 36.4 Å². The first kappa shape index (κ1) is 20.4. The standard InChI is InChI=1S/C26H32O2/c1-3-4-5-6-7-21-10-18-25(19-11-21)28-26(27)24-16-14-23(15-17-24)22-12-8-20(2)9-13-22/h10-12,14-20H,3-9,13H2,1-2H3. The van der Waals surface area contributed by atoms with Gasteiger partial charge in [0.15, 0.2) is 0 Å². The number of hydrogen-bond acceptors (Lipinski definition) is 2. The van der Waals surface area contributed by atoms with E-state index in [4.69, 9.17) is 4.74 Å². The van der Waals surface area contributed by atoms with Crippen molar-refractivity contribution in [2.45, 2.75) is 65.2 Å². The lowest BCUT2D eigenvalue weighted by molar-refractivity contribution is 0.0734. The molecule has 2 aromatic carbocycles. The molecule has 0 amide bonds. The maximum Gasteiger partial charge on any atom is 0.343 e. The molecule has 2 heteroatoms. The van der Waals surface area contributed by atoms with E-state index in [0.29, 0.717) is 11.3 Å². The third kappa shape index (κ3) is 5.82. The molecule has 0 spiro atoms. The molecule has 0 N–H and O–H groups in total. The van der Waals surface area contributed by atoms with Crippen LogP contribution in [0.15, 0.2) is 54.6 Å². The van der Waals surface area contributed by atoms with Crippen LogP contribution in [0.2, 0.25) is 0 Å². The number of ether oxygens (including phenoxy) is 1. The van der Waals surface area contributed by atoms with Crippen molar-refractivity contribution in [1.29, 1.82) is 0 Å². The second kappa shape index (κ2) is 10.3. The molecule has 28 heavy (non-hydrogen) atoms. The van der Waals surface area contributed by atoms with Gasteiger partial charge in [0.1, 0.15) is 5.75 Å². The fraction of sp³-hybridized carbons (Fsp3) is 0.423. The Kier molecular flexibility index (Phi) is 7.47. The van der Waals surface area contributed by atoms with Crippen LogP contribution in [-0.2, 0) is 6.42 Å². The largest absolute Gasteiger partial charge is 0.423 e. The van der Waals surface area contributed by atoms with Crippen LogP contribution in [0.1, 0.15) is 80.3 Å². The molecule has 3 rings (SSSR count). The van der Waals surface area contributed by atoms with Crippen molar-refractivity contribution in [3.05, 3.63) is 71.3 Å². The maximum absolute atomic E-state index is 12.4. The van der Waals surface area contributed by atoms with Crippen LogP contribution in [-0.4, -0.2) is 5.97 Å². The molecule has 0 bridgehead atoms. The first-order valence-corrected chi connectivity index (χ1v) is 10.8. The lowest BCUT2D eigenvalue weighted by atomic mass is 9.87. The third-order valence-corrected chi connectivity index (χ3v) is 5.62. The Morgan fingerprint density at radius 1 is 1.00 bits per heavy atom. The topological polar surface area (TPSA) is 26.3 Å². The summed E-state index contributed by atoms with van der Waals surface area (Å²) in [6.45, 7) is 4.52. The van der Waals surface area contributed by atoms with Gasteiger partial charge in [0.2, 0.25) is 0 Å². The smallest absolute Gasteiger partial charge is 0.343 e. The highest BCUT2D eigenvalue weighted by Gasteiger charge is 2.13. The number of esters is 1. The van der Waals surface area contributed by atoms with Gasteiger partial charge in [0.25, 0.3) is 0 Å². The molecule has 1 atom stereocenters. The van der Waals surface area contributed by atoms with Gasteiger partial charge >= 0.3 is 5.97 Å². The summed E-state index contributed by atoms with van der Waals surface area (Å²) >= 11 is 0. The van der Waals surface area contributed by atoms with E-state index in [1.165, 1.54) is 48.8 Å². The van der Waals surface area contributed by atoms with E-state index in [0.717, 1.165) is 25.2 Å². The van der Waals surface area contributed by atoms with Gasteiger partial charge in [-0.15, -0.1) is 0 Å². The molecule has 2 aromatic rings. The maximum atomic E-state index is 12.4. The van der Waals surface area contributed by atoms with Gasteiger partial charge in [-0.25, -0.2) is 4.79 Å². The average Bonchev–Trinajstić information content (AvgIpc) is 2.73. The summed E-state index contributed by atoms with van der Waals surface area (Å²) in [5.74, 6) is 1.09. The SMILES string of the molecule is CCCCCCc1ccc(OC(=O)c2ccc(C3=CCC(C)CC3)cc2)cc1. The predicted molar refractivity (Wildman–Crippen MR) is 117 cm³/mol. The van der Waals surface area contributed by atoms with Crippen molar-refractivity contribution in [3.8, 4) is 5.75 Å². The van der Waals surface area contributed by atoms with Crippen LogP contribution in [0.25, 0.3) is 5.57 Å². The Hall–Kier alpha value is -2.35. The number of unbranched alkanes of at least 4 members (excludes halogenated alkanes) is 3. The van der Waals surface area contributed by atoms with E-state index >= 15 is 0 Å². The molecule has 0 aromatic heterocycles. The summed E-state index contributed by atoms with van der Waals surface area (Å²) in [6, 6.07) is 15.8. The van der Waals surface area contributed by atoms with Crippen LogP contribution < -0.4 is 4.74 Å². The summed E-state index contributed by atoms with van der Waals surface area (Å²) in [6.07, 6.45) is 12.0. The van der Waals surface area contributed by atoms with Gasteiger partial charge in [-0.2, -0.15) is 0 Å². The van der Waals surface area contributed by atoms with Gasteiger partial charge < -0.3 is 4.74 Å². The quantitative estimate of drug-likeness (QED) is 0.276. The van der Waals surface area contributed by atoms with Crippen molar-refractivity contribution in [2.24, 2.45) is 5.92 Å². The Morgan fingerprint density at radius 2 is 1.75 bits per heavy atom. The van der Waals surface area contributed by atoms with Crippen molar-refractivity contribution < 1.29 is 9.53 Å². The molecule has 148 valence electrons. The Balaban J connectivity index is 1.54. The van der Waals surface area contributed by atoms with E-state index in [1.54, 1.807) is 0 Å². The van der Waals surface area contributed by atoms with E-state index in [2.05, 4.69) is 32.1 Å². The minimum absolute atomic E-state index is 0.298. The molecular weight excluding hydrogens is 344 g/mol. The van der Waals surface area contributed by atoms with Crippen LogP contribution in [0.5, 0.6) is 5.75 Å². The van der Waals surface area contributed by atoms with Crippen molar-refractivity contribution in [1.82, 2.24) is 0 Å². The molecule has 2 nitrogen and oxygen atoms in total. The number of allylic oxidation sites excluding steroid dienone is 2. The zero-order valence-electron chi connectivity index (χ0n) is 17.2. The Morgan fingerprint density at radius 3 is 2.39 bits per heavy atom. The Bertz CT molecular complexity index is 784. The molecule has 1 aliphatic carbocycles. The minimum atomic E-state index is -0.298. The van der Waals surface area contributed by atoms with Gasteiger partial charge in [-0.05, 0) is 79.0 Å². The van der Waals surface area contributed by atoms with E-state index in [-0.39, 0.29) is 5.97 Å². The first-order valence-electron chi connectivity index (χ1n) is 10.8. The average molecular weight is 377 g/mol. The summed E-state index contributed by atoms with van der Waals surface area (Å²) in [5.41, 5.74) is 4.51. The van der Waals surface area contributed by atoms with E-state index < -0.39 is 0 Å². The fourth-order valence-corrected chi connectivity index (χ4v) is 3.69. The highest BCUT2D eigenvalue weighted by molar-refractivity contribution is 5.91. The highest BCUT2D eigenvalue weighted by atomic mass is 16.5. The number of carbonyl (C=O) groups excluding carboxylic acids is 1. The van der Waals surface area contributed by atoms with Gasteiger partial charge in [-0.3, -0.25) is 0 Å². The van der Waals surface area contributed by atoms with Gasteiger partial charge in [0, 0.05) is 0 Å². The molecule has 0 radical (unpaired) electrons. The summed E-state index contributed by atoms with van der Waals surface area (Å²) < 4.78 is 5.54. The molecule has 0 aliphatic heterocycles. The number of benzene rings is 2. The third-order valence-electron chi connectivity index (χ3n) is 5.62. The number of rotatable bonds is 8. The van der Waals surface area contributed by atoms with Crippen LogP contribution in [0, 0.1) is 5.92 Å². The Labute approximate surface area is 169 Å². The van der Waals surface area contributed by atoms with Crippen molar-refractivity contribution >= 4 is 11.5 Å². The molecule has 1 aliphatic rings. The van der Waals surface area contributed by atoms with Crippen molar-refractivity contribution in [3.63, 3.8) is 0 Å². The molecule has 0 fully saturated rings. The van der Waals surface area contributed by atoms with Gasteiger partial charge in [0.05, 0.1) is 5.56 Å². The normalized spacial score (nSPS) is 16.5. The number of hydrogen-bond donors (Lipinski definition) is 0. The molecule has 0 saturated heterocycles. The van der Waals surface area contributed by atoms with Crippen LogP contribution >= 0.6 is 0 Å². The second-order valence-corrected chi connectivity index (χ2v) is 8.03. The zero-order valence-corrected chi connectivity index (χ0v) is 17.2. The molecule has 0 saturated carbocycles. The van der Waals surface area contributed by atoms with E-state index in [9.17, 15) is 4.79 Å². The molecular formula is C26H32O2.